The topological polar surface area (TPSA) is 282 Å². The number of phosphoric ester groups is 1. The van der Waals surface area contributed by atoms with Crippen molar-refractivity contribution < 1.29 is 57.1 Å². The van der Waals surface area contributed by atoms with Crippen molar-refractivity contribution in [3.8, 4) is 0 Å². The highest BCUT2D eigenvalue weighted by molar-refractivity contribution is 7.70. The van der Waals surface area contributed by atoms with Gasteiger partial charge in [0.2, 0.25) is 0 Å². The molecule has 174 valence electrons. The number of aliphatic hydroxyl groups excluding tert-OH is 2. The molecule has 0 bridgehead atoms. The maximum absolute atomic E-state index is 11.8. The molecule has 2 aromatic rings. The zero-order chi connectivity index (χ0) is 23.2. The Morgan fingerprint density at radius 1 is 1.13 bits per heavy atom. The van der Waals surface area contributed by atoms with Crippen LogP contribution in [0.15, 0.2) is 12.7 Å². The minimum absolute atomic E-state index is 0.0485. The van der Waals surface area contributed by atoms with E-state index in [2.05, 4.69) is 23.8 Å². The van der Waals surface area contributed by atoms with Gasteiger partial charge in [0.15, 0.2) is 17.7 Å². The number of nitrogens with zero attached hydrogens (tertiary/aromatic N) is 4. The molecule has 0 aliphatic carbocycles. The Labute approximate surface area is 172 Å². The number of hydrogen-bond acceptors (Lipinski definition) is 12. The zero-order valence-electron chi connectivity index (χ0n) is 15.0. The van der Waals surface area contributed by atoms with Crippen LogP contribution in [-0.4, -0.2) is 74.2 Å². The number of anilines is 1. The first-order valence-corrected chi connectivity index (χ1v) is 12.7. The summed E-state index contributed by atoms with van der Waals surface area (Å²) in [6.07, 6.45) is -3.62. The van der Waals surface area contributed by atoms with Crippen molar-refractivity contribution in [3.63, 3.8) is 0 Å². The van der Waals surface area contributed by atoms with Crippen LogP contribution in [0.5, 0.6) is 0 Å². The summed E-state index contributed by atoms with van der Waals surface area (Å²) < 4.78 is 48.9. The third-order valence-corrected chi connectivity index (χ3v) is 8.11. The lowest BCUT2D eigenvalue weighted by Crippen LogP contribution is -2.33. The van der Waals surface area contributed by atoms with Gasteiger partial charge < -0.3 is 40.3 Å². The van der Waals surface area contributed by atoms with Crippen LogP contribution in [0.1, 0.15) is 6.23 Å². The van der Waals surface area contributed by atoms with Gasteiger partial charge in [-0.25, -0.2) is 28.6 Å². The summed E-state index contributed by atoms with van der Waals surface area (Å²) >= 11 is 0. The van der Waals surface area contributed by atoms with Gasteiger partial charge in [0, 0.05) is 0 Å². The lowest BCUT2D eigenvalue weighted by atomic mass is 10.1. The molecule has 21 heteroatoms. The van der Waals surface area contributed by atoms with Crippen molar-refractivity contribution in [2.24, 2.45) is 0 Å². The van der Waals surface area contributed by atoms with E-state index in [1.54, 1.807) is 0 Å². The number of hydrogen-bond donors (Lipinski definition) is 8. The predicted octanol–water partition coefficient (Wildman–Crippen LogP) is -2.06. The molecule has 0 radical (unpaired) electrons. The quantitative estimate of drug-likeness (QED) is 0.179. The first-order valence-electron chi connectivity index (χ1n) is 8.00. The molecule has 2 unspecified atom stereocenters. The van der Waals surface area contributed by atoms with Crippen molar-refractivity contribution in [2.45, 2.75) is 24.5 Å². The molecule has 1 aliphatic rings. The highest BCUT2D eigenvalue weighted by Gasteiger charge is 2.46. The Kier molecular flexibility index (Phi) is 6.68. The van der Waals surface area contributed by atoms with Crippen molar-refractivity contribution in [2.75, 3.05) is 12.3 Å². The van der Waals surface area contributed by atoms with Gasteiger partial charge in [-0.2, -0.15) is 4.31 Å². The molecule has 6 atom stereocenters. The van der Waals surface area contributed by atoms with Gasteiger partial charge >= 0.3 is 23.3 Å². The Bertz CT molecular complexity index is 1110. The van der Waals surface area contributed by atoms with E-state index >= 15 is 0 Å². The Morgan fingerprint density at radius 2 is 1.81 bits per heavy atom. The zero-order valence-corrected chi connectivity index (χ0v) is 17.7. The van der Waals surface area contributed by atoms with E-state index in [9.17, 15) is 33.7 Å². The molecule has 18 nitrogen and oxygen atoms in total. The van der Waals surface area contributed by atoms with Crippen molar-refractivity contribution in [1.82, 2.24) is 24.4 Å². The minimum atomic E-state index is -5.45. The molecule has 31 heavy (non-hydrogen) atoms. The fourth-order valence-electron chi connectivity index (χ4n) is 2.67. The number of ether oxygens (including phenoxy) is 1. The Balaban J connectivity index is 1.69. The van der Waals surface area contributed by atoms with Crippen LogP contribution in [0.25, 0.3) is 11.2 Å². The Hall–Kier alpha value is -1.36. The minimum Gasteiger partial charge on any atom is -0.387 e. The number of aliphatic hydroxyl groups is 2. The molecule has 0 aromatic carbocycles. The van der Waals surface area contributed by atoms with Crippen LogP contribution in [0, 0.1) is 0 Å². The fraction of sp³-hybridized carbons (Fsp3) is 0.500. The summed E-state index contributed by atoms with van der Waals surface area (Å²) in [6, 6.07) is 0. The van der Waals surface area contributed by atoms with Gasteiger partial charge in [-0.05, 0) is 0 Å². The number of phosphoric acid groups is 1. The molecule has 0 saturated carbocycles. The third kappa shape index (κ3) is 5.71. The van der Waals surface area contributed by atoms with Gasteiger partial charge in [-0.3, -0.25) is 9.09 Å². The smallest absolute Gasteiger partial charge is 0.387 e. The summed E-state index contributed by atoms with van der Waals surface area (Å²) in [5.41, 5.74) is 6.02. The summed E-state index contributed by atoms with van der Waals surface area (Å²) in [6.45, 7) is -0.928. The number of aromatic nitrogens is 4. The molecular formula is C10H17N6O12P3. The molecule has 1 aliphatic heterocycles. The van der Waals surface area contributed by atoms with Crippen molar-refractivity contribution >= 4 is 40.3 Å². The molecule has 3 rings (SSSR count). The summed E-state index contributed by atoms with van der Waals surface area (Å²) in [7, 11) is -16.1. The number of rotatable bonds is 8. The maximum atomic E-state index is 11.8. The van der Waals surface area contributed by atoms with Crippen LogP contribution < -0.4 is 10.6 Å². The third-order valence-electron chi connectivity index (χ3n) is 3.87. The molecule has 1 fully saturated rings. The molecule has 1 saturated heterocycles. The average molecular weight is 506 g/mol. The van der Waals surface area contributed by atoms with Crippen molar-refractivity contribution in [3.05, 3.63) is 12.7 Å². The average Bonchev–Trinajstić information content (AvgIpc) is 3.13. The Morgan fingerprint density at radius 3 is 2.45 bits per heavy atom. The van der Waals surface area contributed by atoms with Crippen LogP contribution in [0.2, 0.25) is 0 Å². The van der Waals surface area contributed by atoms with Gasteiger partial charge in [0.25, 0.3) is 0 Å². The predicted molar refractivity (Wildman–Crippen MR) is 97.5 cm³/mol. The monoisotopic (exact) mass is 506 g/mol. The number of fused-ring (bicyclic) bond motifs is 1. The summed E-state index contributed by atoms with van der Waals surface area (Å²) in [5.74, 6) is 0.0485. The van der Waals surface area contributed by atoms with Gasteiger partial charge in [0.1, 0.15) is 30.2 Å². The first-order chi connectivity index (χ1) is 14.2. The lowest BCUT2D eigenvalue weighted by molar-refractivity contribution is -0.0502. The van der Waals surface area contributed by atoms with Gasteiger partial charge in [-0.1, -0.05) is 0 Å². The lowest BCUT2D eigenvalue weighted by Gasteiger charge is -2.19. The SMILES string of the molecule is Nc1ncnc2c1ncn2[C@@H]1O[C@H](COP(=O)(O)OP(=O)(O)NP(=O)(O)O)[C@@H](O)[C@H]1O. The second kappa shape index (κ2) is 8.53. The molecule has 2 aromatic heterocycles. The van der Waals surface area contributed by atoms with Gasteiger partial charge in [-0.15, -0.1) is 4.86 Å². The van der Waals surface area contributed by atoms with E-state index in [1.165, 1.54) is 10.9 Å². The standard InChI is InChI=1S/C10H17N6O12P3/c11-8-5-9(13-2-12-8)16(3-14-5)10-7(18)6(17)4(27-10)1-26-31(24,25)28-30(22,23)15-29(19,20)21/h2-4,6-7,10,17-18H,1H2,(H,24,25)(H2,11,12,13)(H4,15,19,20,21,22,23)/t4-,6-,7-,10-/m1/s1. The second-order valence-corrected chi connectivity index (χ2v) is 10.9. The number of nitrogens with one attached hydrogen (secondary N) is 1. The van der Waals surface area contributed by atoms with E-state index in [1.807, 2.05) is 0 Å². The van der Waals surface area contributed by atoms with Crippen LogP contribution >= 0.6 is 23.3 Å². The van der Waals surface area contributed by atoms with Crippen LogP contribution in [-0.2, 0) is 27.3 Å². The highest BCUT2D eigenvalue weighted by Crippen LogP contribution is 2.61. The number of nitrogens with two attached hydrogens (primary N) is 1. The summed E-state index contributed by atoms with van der Waals surface area (Å²) in [5, 5.41) is 20.4. The van der Waals surface area contributed by atoms with E-state index in [0.29, 0.717) is 0 Å². The van der Waals surface area contributed by atoms with E-state index < -0.39 is 54.5 Å². The second-order valence-electron chi connectivity index (χ2n) is 6.14. The van der Waals surface area contributed by atoms with Crippen LogP contribution in [0.3, 0.4) is 0 Å². The number of imidazole rings is 1. The summed E-state index contributed by atoms with van der Waals surface area (Å²) in [4.78, 5) is 48.5. The molecule has 9 N–H and O–H groups in total. The molecule has 0 spiro atoms. The molecule has 0 amide bonds. The first kappa shape index (κ1) is 24.3. The molecular weight excluding hydrogens is 489 g/mol. The largest absolute Gasteiger partial charge is 0.480 e. The van der Waals surface area contributed by atoms with Gasteiger partial charge in [0.05, 0.1) is 12.9 Å². The van der Waals surface area contributed by atoms with Crippen LogP contribution in [0.4, 0.5) is 5.82 Å². The van der Waals surface area contributed by atoms with E-state index in [0.717, 1.165) is 11.2 Å². The molecule has 3 heterocycles. The van der Waals surface area contributed by atoms with E-state index in [4.69, 9.17) is 20.3 Å². The van der Waals surface area contributed by atoms with E-state index in [-0.39, 0.29) is 17.0 Å². The highest BCUT2D eigenvalue weighted by atomic mass is 31.3. The normalized spacial score (nSPS) is 28.5. The fourth-order valence-corrected chi connectivity index (χ4v) is 6.10. The maximum Gasteiger partial charge on any atom is 0.480 e. The van der Waals surface area contributed by atoms with Crippen molar-refractivity contribution in [1.29, 1.82) is 0 Å². The number of nitrogen functional groups attached to an aromatic ring is 1.